The minimum atomic E-state index is -0.0725. The Morgan fingerprint density at radius 3 is 2.95 bits per heavy atom. The van der Waals surface area contributed by atoms with E-state index in [9.17, 15) is 4.79 Å². The van der Waals surface area contributed by atoms with Crippen LogP contribution < -0.4 is 11.1 Å². The van der Waals surface area contributed by atoms with Crippen molar-refractivity contribution < 1.29 is 9.53 Å². The first-order valence-electron chi connectivity index (χ1n) is 6.57. The normalized spacial score (nSPS) is 18.6. The van der Waals surface area contributed by atoms with Gasteiger partial charge in [-0.1, -0.05) is 28.1 Å². The quantitative estimate of drug-likeness (QED) is 0.814. The second-order valence-corrected chi connectivity index (χ2v) is 6.15. The number of amides is 1. The third kappa shape index (κ3) is 4.26. The van der Waals surface area contributed by atoms with Gasteiger partial charge in [-0.25, -0.2) is 0 Å². The first-order valence-corrected chi connectivity index (χ1v) is 7.77. The van der Waals surface area contributed by atoms with Gasteiger partial charge in [-0.15, -0.1) is 0 Å². The van der Waals surface area contributed by atoms with Gasteiger partial charge in [0.25, 0.3) is 0 Å². The van der Waals surface area contributed by atoms with E-state index in [2.05, 4.69) is 21.2 Å². The van der Waals surface area contributed by atoms with Crippen LogP contribution in [-0.2, 0) is 9.53 Å². The molecule has 0 bridgehead atoms. The lowest BCUT2D eigenvalue weighted by Gasteiger charge is -2.22. The van der Waals surface area contributed by atoms with Gasteiger partial charge in [-0.05, 0) is 37.5 Å². The molecule has 0 spiro atoms. The van der Waals surface area contributed by atoms with Crippen molar-refractivity contribution >= 4 is 44.7 Å². The minimum absolute atomic E-state index is 0.0208. The summed E-state index contributed by atoms with van der Waals surface area (Å²) in [6, 6.07) is 5.43. The van der Waals surface area contributed by atoms with Gasteiger partial charge >= 0.3 is 0 Å². The Labute approximate surface area is 132 Å². The second-order valence-electron chi connectivity index (χ2n) is 4.80. The number of carbonyl (C=O) groups is 1. The molecule has 1 unspecified atom stereocenters. The summed E-state index contributed by atoms with van der Waals surface area (Å²) in [6.07, 6.45) is 3.53. The molecule has 0 saturated carbocycles. The van der Waals surface area contributed by atoms with Crippen molar-refractivity contribution in [2.24, 2.45) is 5.73 Å². The van der Waals surface area contributed by atoms with Gasteiger partial charge in [-0.3, -0.25) is 4.79 Å². The third-order valence-electron chi connectivity index (χ3n) is 3.21. The Morgan fingerprint density at radius 1 is 1.50 bits per heavy atom. The second kappa shape index (κ2) is 7.15. The molecular weight excluding hydrogens is 340 g/mol. The van der Waals surface area contributed by atoms with Gasteiger partial charge in [-0.2, -0.15) is 0 Å². The smallest absolute Gasteiger partial charge is 0.227 e. The van der Waals surface area contributed by atoms with Crippen LogP contribution in [0.2, 0.25) is 0 Å². The largest absolute Gasteiger partial charge is 0.389 e. The number of rotatable bonds is 4. The van der Waals surface area contributed by atoms with E-state index in [4.69, 9.17) is 22.7 Å². The number of carbonyl (C=O) groups excluding carboxylic acids is 1. The van der Waals surface area contributed by atoms with Crippen LogP contribution in [0.25, 0.3) is 0 Å². The van der Waals surface area contributed by atoms with Gasteiger partial charge in [0.15, 0.2) is 0 Å². The Hall–Kier alpha value is -0.980. The lowest BCUT2D eigenvalue weighted by Crippen LogP contribution is -2.26. The van der Waals surface area contributed by atoms with Crippen LogP contribution in [0, 0.1) is 0 Å². The molecule has 1 fully saturated rings. The number of ether oxygens (including phenoxy) is 1. The fraction of sp³-hybridized carbons (Fsp3) is 0.429. The Bertz CT molecular complexity index is 516. The van der Waals surface area contributed by atoms with Gasteiger partial charge < -0.3 is 15.8 Å². The van der Waals surface area contributed by atoms with Gasteiger partial charge in [0, 0.05) is 16.6 Å². The number of anilines is 1. The molecule has 0 aromatic heterocycles. The third-order valence-corrected chi connectivity index (χ3v) is 3.92. The van der Waals surface area contributed by atoms with Crippen LogP contribution in [0.3, 0.4) is 0 Å². The standard InChI is InChI=1S/C14H17BrN2O2S/c15-9-4-5-12(11(7-9)14(16)20)17-13(18)8-10-3-1-2-6-19-10/h4-5,7,10H,1-3,6,8H2,(H2,16,20)(H,17,18). The molecule has 1 aliphatic rings. The van der Waals surface area contributed by atoms with Gasteiger partial charge in [0.2, 0.25) is 5.91 Å². The highest BCUT2D eigenvalue weighted by Gasteiger charge is 2.18. The highest BCUT2D eigenvalue weighted by atomic mass is 79.9. The Balaban J connectivity index is 2.01. The average Bonchev–Trinajstić information content (AvgIpc) is 2.41. The lowest BCUT2D eigenvalue weighted by molar-refractivity contribution is -0.119. The number of hydrogen-bond acceptors (Lipinski definition) is 3. The summed E-state index contributed by atoms with van der Waals surface area (Å²) < 4.78 is 6.43. The molecule has 4 nitrogen and oxygen atoms in total. The van der Waals surface area contributed by atoms with Crippen LogP contribution in [0.5, 0.6) is 0 Å². The number of nitrogens with one attached hydrogen (secondary N) is 1. The van der Waals surface area contributed by atoms with E-state index in [1.54, 1.807) is 12.1 Å². The average molecular weight is 357 g/mol. The highest BCUT2D eigenvalue weighted by molar-refractivity contribution is 9.10. The molecule has 0 radical (unpaired) electrons. The summed E-state index contributed by atoms with van der Waals surface area (Å²) in [4.78, 5) is 12.3. The van der Waals surface area contributed by atoms with Gasteiger partial charge in [0.05, 0.1) is 18.2 Å². The summed E-state index contributed by atoms with van der Waals surface area (Å²) >= 11 is 8.37. The SMILES string of the molecule is NC(=S)c1cc(Br)ccc1NC(=O)CC1CCCCO1. The maximum Gasteiger partial charge on any atom is 0.227 e. The van der Waals surface area contributed by atoms with Crippen molar-refractivity contribution in [1.82, 2.24) is 0 Å². The van der Waals surface area contributed by atoms with E-state index in [1.165, 1.54) is 0 Å². The van der Waals surface area contributed by atoms with Crippen LogP contribution in [0.1, 0.15) is 31.2 Å². The molecule has 1 aromatic carbocycles. The molecule has 20 heavy (non-hydrogen) atoms. The maximum absolute atomic E-state index is 12.1. The van der Waals surface area contributed by atoms with E-state index < -0.39 is 0 Å². The predicted molar refractivity (Wildman–Crippen MR) is 86.9 cm³/mol. The van der Waals surface area contributed by atoms with Crippen LogP contribution in [0.15, 0.2) is 22.7 Å². The summed E-state index contributed by atoms with van der Waals surface area (Å²) in [6.45, 7) is 0.744. The van der Waals surface area contributed by atoms with Crippen molar-refractivity contribution in [3.05, 3.63) is 28.2 Å². The van der Waals surface area contributed by atoms with Crippen LogP contribution in [0.4, 0.5) is 5.69 Å². The lowest BCUT2D eigenvalue weighted by atomic mass is 10.1. The van der Waals surface area contributed by atoms with E-state index in [0.717, 1.165) is 30.3 Å². The molecule has 0 aliphatic carbocycles. The first kappa shape index (κ1) is 15.4. The molecule has 3 N–H and O–H groups in total. The fourth-order valence-corrected chi connectivity index (χ4v) is 2.74. The first-order chi connectivity index (χ1) is 9.56. The molecule has 1 aliphatic heterocycles. The van der Waals surface area contributed by atoms with Crippen molar-refractivity contribution in [1.29, 1.82) is 0 Å². The van der Waals surface area contributed by atoms with E-state index in [0.29, 0.717) is 17.7 Å². The Kier molecular flexibility index (Phi) is 5.51. The van der Waals surface area contributed by atoms with Crippen molar-refractivity contribution in [2.75, 3.05) is 11.9 Å². The maximum atomic E-state index is 12.1. The number of hydrogen-bond donors (Lipinski definition) is 2. The van der Waals surface area contributed by atoms with Crippen molar-refractivity contribution in [3.8, 4) is 0 Å². The molecule has 6 heteroatoms. The predicted octanol–water partition coefficient (Wildman–Crippen LogP) is 2.98. The molecule has 108 valence electrons. The van der Waals surface area contributed by atoms with Gasteiger partial charge in [0.1, 0.15) is 4.99 Å². The van der Waals surface area contributed by atoms with E-state index in [1.807, 2.05) is 6.07 Å². The van der Waals surface area contributed by atoms with E-state index >= 15 is 0 Å². The summed E-state index contributed by atoms with van der Waals surface area (Å²) in [5.41, 5.74) is 6.98. The zero-order chi connectivity index (χ0) is 14.5. The molecule has 1 amide bonds. The molecule has 2 rings (SSSR count). The number of thiocarbonyl (C=S) groups is 1. The fourth-order valence-electron chi connectivity index (χ4n) is 2.21. The Morgan fingerprint density at radius 2 is 2.30 bits per heavy atom. The minimum Gasteiger partial charge on any atom is -0.389 e. The molecule has 1 heterocycles. The van der Waals surface area contributed by atoms with Crippen LogP contribution in [-0.4, -0.2) is 23.6 Å². The summed E-state index contributed by atoms with van der Waals surface area (Å²) in [5.74, 6) is -0.0725. The summed E-state index contributed by atoms with van der Waals surface area (Å²) in [7, 11) is 0. The highest BCUT2D eigenvalue weighted by Crippen LogP contribution is 2.22. The summed E-state index contributed by atoms with van der Waals surface area (Å²) in [5, 5.41) is 2.86. The number of benzene rings is 1. The number of nitrogens with two attached hydrogens (primary N) is 1. The molecular formula is C14H17BrN2O2S. The monoisotopic (exact) mass is 356 g/mol. The molecule has 1 atom stereocenters. The topological polar surface area (TPSA) is 64.3 Å². The zero-order valence-corrected chi connectivity index (χ0v) is 13.4. The molecule has 1 saturated heterocycles. The zero-order valence-electron chi connectivity index (χ0n) is 11.0. The van der Waals surface area contributed by atoms with E-state index in [-0.39, 0.29) is 17.0 Å². The van der Waals surface area contributed by atoms with Crippen molar-refractivity contribution in [2.45, 2.75) is 31.8 Å². The van der Waals surface area contributed by atoms with Crippen LogP contribution >= 0.6 is 28.1 Å². The number of halogens is 1. The van der Waals surface area contributed by atoms with Crippen molar-refractivity contribution in [3.63, 3.8) is 0 Å². The molecule has 1 aromatic rings.